The van der Waals surface area contributed by atoms with Gasteiger partial charge in [0.15, 0.2) is 6.61 Å². The van der Waals surface area contributed by atoms with Crippen molar-refractivity contribution in [2.24, 2.45) is 0 Å². The van der Waals surface area contributed by atoms with Gasteiger partial charge in [-0.15, -0.1) is 0 Å². The molecule has 2 aromatic carbocycles. The number of para-hydroxylation sites is 1. The third kappa shape index (κ3) is 4.35. The molecule has 0 spiro atoms. The van der Waals surface area contributed by atoms with Gasteiger partial charge in [0.2, 0.25) is 0 Å². The largest absolute Gasteiger partial charge is 0.483 e. The van der Waals surface area contributed by atoms with Gasteiger partial charge in [-0.05, 0) is 49.4 Å². The minimum absolute atomic E-state index is 0.0190. The van der Waals surface area contributed by atoms with Crippen molar-refractivity contribution in [3.05, 3.63) is 58.7 Å². The summed E-state index contributed by atoms with van der Waals surface area (Å²) in [7, 11) is 0. The fraction of sp³-hybridized carbons (Fsp3) is 0.350. The maximum Gasteiger partial charge on any atom is 0.262 e. The van der Waals surface area contributed by atoms with Crippen LogP contribution in [-0.2, 0) is 17.6 Å². The van der Waals surface area contributed by atoms with Crippen LogP contribution in [0, 0.1) is 13.8 Å². The number of ether oxygens (including phenoxy) is 1. The fourth-order valence-corrected chi connectivity index (χ4v) is 2.68. The molecule has 0 atom stereocenters. The van der Waals surface area contributed by atoms with E-state index in [0.29, 0.717) is 0 Å². The highest BCUT2D eigenvalue weighted by molar-refractivity contribution is 5.93. The molecule has 0 aliphatic heterocycles. The Labute approximate surface area is 138 Å². The van der Waals surface area contributed by atoms with Crippen molar-refractivity contribution in [1.82, 2.24) is 0 Å². The molecule has 0 unspecified atom stereocenters. The summed E-state index contributed by atoms with van der Waals surface area (Å²) >= 11 is 0. The van der Waals surface area contributed by atoms with Crippen LogP contribution in [0.1, 0.15) is 36.1 Å². The van der Waals surface area contributed by atoms with Crippen LogP contribution in [0.15, 0.2) is 36.4 Å². The number of hydrogen-bond acceptors (Lipinski definition) is 2. The monoisotopic (exact) mass is 311 g/mol. The van der Waals surface area contributed by atoms with E-state index in [1.807, 2.05) is 32.0 Å². The van der Waals surface area contributed by atoms with Crippen molar-refractivity contribution in [1.29, 1.82) is 0 Å². The summed E-state index contributed by atoms with van der Waals surface area (Å²) < 4.78 is 5.66. The third-order valence-electron chi connectivity index (χ3n) is 3.95. The van der Waals surface area contributed by atoms with Gasteiger partial charge in [0.05, 0.1) is 0 Å². The fourth-order valence-electron chi connectivity index (χ4n) is 2.68. The second-order valence-corrected chi connectivity index (χ2v) is 5.76. The number of carbonyl (C=O) groups is 1. The van der Waals surface area contributed by atoms with E-state index in [0.717, 1.165) is 41.0 Å². The number of nitrogens with one attached hydrogen (secondary N) is 1. The number of carbonyl (C=O) groups excluding carboxylic acids is 1. The molecule has 0 aliphatic carbocycles. The van der Waals surface area contributed by atoms with E-state index in [1.165, 1.54) is 5.56 Å². The molecule has 2 rings (SSSR count). The number of amides is 1. The zero-order chi connectivity index (χ0) is 16.8. The van der Waals surface area contributed by atoms with Crippen LogP contribution in [0.4, 0.5) is 5.69 Å². The van der Waals surface area contributed by atoms with E-state index in [2.05, 4.69) is 37.4 Å². The molecule has 0 bridgehead atoms. The Hall–Kier alpha value is -2.29. The molecule has 0 heterocycles. The smallest absolute Gasteiger partial charge is 0.262 e. The first-order valence-corrected chi connectivity index (χ1v) is 8.15. The number of hydrogen-bond donors (Lipinski definition) is 1. The SMILES string of the molecule is CCc1cccc(CC)c1NC(=O)COc1ccc(C)cc1C. The predicted octanol–water partition coefficient (Wildman–Crippen LogP) is 4.45. The molecule has 0 aliphatic rings. The van der Waals surface area contributed by atoms with Crippen molar-refractivity contribution in [3.63, 3.8) is 0 Å². The Kier molecular flexibility index (Phi) is 5.80. The van der Waals surface area contributed by atoms with Crippen LogP contribution >= 0.6 is 0 Å². The predicted molar refractivity (Wildman–Crippen MR) is 95.2 cm³/mol. The Balaban J connectivity index is 2.05. The maximum absolute atomic E-state index is 12.3. The summed E-state index contributed by atoms with van der Waals surface area (Å²) in [6.07, 6.45) is 1.78. The summed E-state index contributed by atoms with van der Waals surface area (Å²) in [5.41, 5.74) is 5.48. The number of aryl methyl sites for hydroxylation is 4. The molecule has 122 valence electrons. The van der Waals surface area contributed by atoms with E-state index in [1.54, 1.807) is 0 Å². The van der Waals surface area contributed by atoms with Gasteiger partial charge in [0.25, 0.3) is 5.91 Å². The molecule has 23 heavy (non-hydrogen) atoms. The topological polar surface area (TPSA) is 38.3 Å². The molecule has 1 N–H and O–H groups in total. The van der Waals surface area contributed by atoms with Gasteiger partial charge in [-0.25, -0.2) is 0 Å². The molecule has 0 saturated carbocycles. The van der Waals surface area contributed by atoms with Gasteiger partial charge in [0.1, 0.15) is 5.75 Å². The molecule has 0 saturated heterocycles. The normalized spacial score (nSPS) is 10.4. The van der Waals surface area contributed by atoms with Gasteiger partial charge >= 0.3 is 0 Å². The van der Waals surface area contributed by atoms with E-state index in [4.69, 9.17) is 4.74 Å². The minimum atomic E-state index is -0.124. The molecule has 1 amide bonds. The van der Waals surface area contributed by atoms with Crippen LogP contribution in [0.25, 0.3) is 0 Å². The second-order valence-electron chi connectivity index (χ2n) is 5.76. The Bertz CT molecular complexity index is 670. The summed E-state index contributed by atoms with van der Waals surface area (Å²) in [5, 5.41) is 3.02. The quantitative estimate of drug-likeness (QED) is 0.856. The molecule has 3 heteroatoms. The van der Waals surface area contributed by atoms with Gasteiger partial charge < -0.3 is 10.1 Å². The lowest BCUT2D eigenvalue weighted by Crippen LogP contribution is -2.22. The van der Waals surface area contributed by atoms with E-state index < -0.39 is 0 Å². The zero-order valence-electron chi connectivity index (χ0n) is 14.4. The zero-order valence-corrected chi connectivity index (χ0v) is 14.4. The van der Waals surface area contributed by atoms with Crippen LogP contribution in [0.2, 0.25) is 0 Å². The first-order chi connectivity index (χ1) is 11.0. The molecule has 0 aromatic heterocycles. The van der Waals surface area contributed by atoms with Gasteiger partial charge in [-0.3, -0.25) is 4.79 Å². The van der Waals surface area contributed by atoms with Crippen molar-refractivity contribution in [3.8, 4) is 5.75 Å². The van der Waals surface area contributed by atoms with E-state index in [-0.39, 0.29) is 12.5 Å². The standard InChI is InChI=1S/C20H25NO2/c1-5-16-8-7-9-17(6-2)20(16)21-19(22)13-23-18-11-10-14(3)12-15(18)4/h7-12H,5-6,13H2,1-4H3,(H,21,22). The molecule has 0 fully saturated rings. The summed E-state index contributed by atoms with van der Waals surface area (Å²) in [4.78, 5) is 12.3. The molecular weight excluding hydrogens is 286 g/mol. The summed E-state index contributed by atoms with van der Waals surface area (Å²) in [6.45, 7) is 8.23. The average molecular weight is 311 g/mol. The summed E-state index contributed by atoms with van der Waals surface area (Å²) in [6, 6.07) is 12.1. The van der Waals surface area contributed by atoms with Gasteiger partial charge in [-0.1, -0.05) is 49.7 Å². The third-order valence-corrected chi connectivity index (χ3v) is 3.95. The van der Waals surface area contributed by atoms with Crippen molar-refractivity contribution < 1.29 is 9.53 Å². The first kappa shape index (κ1) is 17.1. The Morgan fingerprint density at radius 2 is 1.70 bits per heavy atom. The van der Waals surface area contributed by atoms with E-state index in [9.17, 15) is 4.79 Å². The highest BCUT2D eigenvalue weighted by atomic mass is 16.5. The molecule has 0 radical (unpaired) electrons. The first-order valence-electron chi connectivity index (χ1n) is 8.15. The van der Waals surface area contributed by atoms with E-state index >= 15 is 0 Å². The highest BCUT2D eigenvalue weighted by Gasteiger charge is 2.11. The lowest BCUT2D eigenvalue weighted by Gasteiger charge is -2.15. The second kappa shape index (κ2) is 7.82. The highest BCUT2D eigenvalue weighted by Crippen LogP contribution is 2.23. The van der Waals surface area contributed by atoms with Gasteiger partial charge in [0, 0.05) is 5.69 Å². The van der Waals surface area contributed by atoms with Crippen LogP contribution < -0.4 is 10.1 Å². The lowest BCUT2D eigenvalue weighted by molar-refractivity contribution is -0.118. The van der Waals surface area contributed by atoms with Crippen molar-refractivity contribution in [2.75, 3.05) is 11.9 Å². The average Bonchev–Trinajstić information content (AvgIpc) is 2.54. The van der Waals surface area contributed by atoms with Crippen molar-refractivity contribution >= 4 is 11.6 Å². The van der Waals surface area contributed by atoms with Gasteiger partial charge in [-0.2, -0.15) is 0 Å². The van der Waals surface area contributed by atoms with Crippen LogP contribution in [0.3, 0.4) is 0 Å². The Morgan fingerprint density at radius 1 is 1.04 bits per heavy atom. The number of anilines is 1. The van der Waals surface area contributed by atoms with Crippen LogP contribution in [-0.4, -0.2) is 12.5 Å². The lowest BCUT2D eigenvalue weighted by atomic mass is 10.0. The maximum atomic E-state index is 12.3. The Morgan fingerprint density at radius 3 is 2.26 bits per heavy atom. The number of benzene rings is 2. The van der Waals surface area contributed by atoms with Crippen LogP contribution in [0.5, 0.6) is 5.75 Å². The summed E-state index contributed by atoms with van der Waals surface area (Å²) in [5.74, 6) is 0.630. The molecule has 3 nitrogen and oxygen atoms in total. The number of rotatable bonds is 6. The minimum Gasteiger partial charge on any atom is -0.483 e. The molecular formula is C20H25NO2. The molecule has 2 aromatic rings. The van der Waals surface area contributed by atoms with Crippen molar-refractivity contribution in [2.45, 2.75) is 40.5 Å².